The Labute approximate surface area is 180 Å². The topological polar surface area (TPSA) is 69.7 Å². The number of benzene rings is 2. The zero-order valence-corrected chi connectivity index (χ0v) is 17.3. The number of amides is 3. The second-order valence-electron chi connectivity index (χ2n) is 7.39. The van der Waals surface area contributed by atoms with Gasteiger partial charge in [0.25, 0.3) is 0 Å². The van der Waals surface area contributed by atoms with Crippen LogP contribution >= 0.6 is 11.6 Å². The first-order valence-corrected chi connectivity index (χ1v) is 10.2. The third kappa shape index (κ3) is 3.71. The maximum absolute atomic E-state index is 13.4. The van der Waals surface area contributed by atoms with E-state index in [4.69, 9.17) is 11.6 Å². The molecule has 6 nitrogen and oxygen atoms in total. The van der Waals surface area contributed by atoms with Gasteiger partial charge >= 0.3 is 0 Å². The first-order chi connectivity index (χ1) is 14.5. The molecule has 1 fully saturated rings. The summed E-state index contributed by atoms with van der Waals surface area (Å²) in [5, 5.41) is 3.26. The van der Waals surface area contributed by atoms with Gasteiger partial charge in [-0.15, -0.1) is 0 Å². The third-order valence-corrected chi connectivity index (χ3v) is 5.91. The zero-order chi connectivity index (χ0) is 21.3. The molecule has 2 heterocycles. The van der Waals surface area contributed by atoms with Gasteiger partial charge in [0.1, 0.15) is 6.04 Å². The molecule has 2 aliphatic rings. The molecule has 2 aromatic carbocycles. The van der Waals surface area contributed by atoms with Gasteiger partial charge < -0.3 is 15.1 Å². The number of fused-ring (bicyclic) bond motifs is 1. The average molecular weight is 424 g/mol. The van der Waals surface area contributed by atoms with E-state index < -0.39 is 12.1 Å². The van der Waals surface area contributed by atoms with Crippen molar-refractivity contribution in [1.82, 2.24) is 15.1 Å². The minimum absolute atomic E-state index is 0.0785. The van der Waals surface area contributed by atoms with Gasteiger partial charge in [0, 0.05) is 36.8 Å². The number of hydrogen-bond acceptors (Lipinski definition) is 3. The second-order valence-corrected chi connectivity index (χ2v) is 7.80. The summed E-state index contributed by atoms with van der Waals surface area (Å²) in [4.78, 5) is 41.5. The summed E-state index contributed by atoms with van der Waals surface area (Å²) in [6.07, 6.45) is 3.67. The van der Waals surface area contributed by atoms with Gasteiger partial charge in [-0.3, -0.25) is 14.4 Å². The van der Waals surface area contributed by atoms with E-state index in [1.54, 1.807) is 40.3 Å². The number of halogens is 1. The summed E-state index contributed by atoms with van der Waals surface area (Å²) in [5.74, 6) is -0.594. The SMILES string of the molecule is CC(=O)N1C=Cc2ccccc2[C@@H]1CC(=O)N1CCNC(=O)[C@@H]1c1ccccc1Cl. The lowest BCUT2D eigenvalue weighted by atomic mass is 9.92. The average Bonchev–Trinajstić information content (AvgIpc) is 2.74. The predicted octanol–water partition coefficient (Wildman–Crippen LogP) is 3.30. The van der Waals surface area contributed by atoms with Crippen molar-refractivity contribution in [3.05, 3.63) is 76.4 Å². The molecular weight excluding hydrogens is 402 g/mol. The molecule has 0 aromatic heterocycles. The molecule has 0 saturated carbocycles. The molecule has 4 rings (SSSR count). The van der Waals surface area contributed by atoms with E-state index in [0.717, 1.165) is 11.1 Å². The summed E-state index contributed by atoms with van der Waals surface area (Å²) >= 11 is 6.34. The van der Waals surface area contributed by atoms with Crippen molar-refractivity contribution in [3.8, 4) is 0 Å². The Bertz CT molecular complexity index is 1040. The summed E-state index contributed by atoms with van der Waals surface area (Å²) in [6, 6.07) is 13.6. The summed E-state index contributed by atoms with van der Waals surface area (Å²) in [6.45, 7) is 2.24. The standard InChI is InChI=1S/C23H22ClN3O3/c1-15(28)26-12-10-16-6-2-3-7-17(16)20(26)14-21(29)27-13-11-25-23(30)22(27)18-8-4-5-9-19(18)24/h2-10,12,20,22H,11,13-14H2,1H3,(H,25,30)/t20-,22-/m0/s1. The highest BCUT2D eigenvalue weighted by atomic mass is 35.5. The Morgan fingerprint density at radius 2 is 1.80 bits per heavy atom. The summed E-state index contributed by atoms with van der Waals surface area (Å²) in [5.41, 5.74) is 2.49. The molecule has 154 valence electrons. The molecule has 7 heteroatoms. The predicted molar refractivity (Wildman–Crippen MR) is 114 cm³/mol. The van der Waals surface area contributed by atoms with Crippen molar-refractivity contribution < 1.29 is 14.4 Å². The van der Waals surface area contributed by atoms with Crippen LogP contribution in [0.5, 0.6) is 0 Å². The van der Waals surface area contributed by atoms with E-state index in [0.29, 0.717) is 23.7 Å². The van der Waals surface area contributed by atoms with E-state index in [2.05, 4.69) is 5.32 Å². The Morgan fingerprint density at radius 3 is 2.53 bits per heavy atom. The maximum Gasteiger partial charge on any atom is 0.247 e. The van der Waals surface area contributed by atoms with Gasteiger partial charge in [-0.2, -0.15) is 0 Å². The van der Waals surface area contributed by atoms with Crippen molar-refractivity contribution in [1.29, 1.82) is 0 Å². The van der Waals surface area contributed by atoms with Gasteiger partial charge in [0.05, 0.1) is 12.5 Å². The molecule has 0 spiro atoms. The second kappa shape index (κ2) is 8.32. The van der Waals surface area contributed by atoms with E-state index in [-0.39, 0.29) is 24.1 Å². The number of piperazine rings is 1. The van der Waals surface area contributed by atoms with Crippen LogP contribution in [0.25, 0.3) is 6.08 Å². The fourth-order valence-electron chi connectivity index (χ4n) is 4.14. The van der Waals surface area contributed by atoms with Crippen molar-refractivity contribution in [2.45, 2.75) is 25.4 Å². The molecule has 3 amide bonds. The molecule has 2 aliphatic heterocycles. The van der Waals surface area contributed by atoms with Crippen LogP contribution in [0.3, 0.4) is 0 Å². The highest BCUT2D eigenvalue weighted by Crippen LogP contribution is 2.35. The number of nitrogens with zero attached hydrogens (tertiary/aromatic N) is 2. The number of carbonyl (C=O) groups is 3. The highest BCUT2D eigenvalue weighted by Gasteiger charge is 2.38. The Balaban J connectivity index is 1.66. The summed E-state index contributed by atoms with van der Waals surface area (Å²) in [7, 11) is 0. The fourth-order valence-corrected chi connectivity index (χ4v) is 4.38. The van der Waals surface area contributed by atoms with Gasteiger partial charge in [0.2, 0.25) is 17.7 Å². The van der Waals surface area contributed by atoms with Crippen LogP contribution in [-0.2, 0) is 14.4 Å². The Kier molecular flexibility index (Phi) is 5.59. The van der Waals surface area contributed by atoms with E-state index in [9.17, 15) is 14.4 Å². The largest absolute Gasteiger partial charge is 0.352 e. The lowest BCUT2D eigenvalue weighted by Gasteiger charge is -2.38. The minimum Gasteiger partial charge on any atom is -0.352 e. The molecule has 1 saturated heterocycles. The normalized spacial score (nSPS) is 20.5. The van der Waals surface area contributed by atoms with E-state index in [1.807, 2.05) is 30.3 Å². The maximum atomic E-state index is 13.4. The van der Waals surface area contributed by atoms with E-state index >= 15 is 0 Å². The van der Waals surface area contributed by atoms with Gasteiger partial charge in [-0.25, -0.2) is 0 Å². The van der Waals surface area contributed by atoms with Crippen LogP contribution in [0.4, 0.5) is 0 Å². The molecule has 0 radical (unpaired) electrons. The molecule has 2 atom stereocenters. The van der Waals surface area contributed by atoms with E-state index in [1.165, 1.54) is 6.92 Å². The smallest absolute Gasteiger partial charge is 0.247 e. The van der Waals surface area contributed by atoms with Crippen LogP contribution in [-0.4, -0.2) is 40.6 Å². The van der Waals surface area contributed by atoms with Gasteiger partial charge in [-0.05, 0) is 23.3 Å². The molecule has 2 aromatic rings. The van der Waals surface area contributed by atoms with Crippen LogP contribution in [0.15, 0.2) is 54.7 Å². The third-order valence-electron chi connectivity index (χ3n) is 5.57. The van der Waals surface area contributed by atoms with Crippen LogP contribution in [0.2, 0.25) is 5.02 Å². The molecule has 30 heavy (non-hydrogen) atoms. The molecule has 0 bridgehead atoms. The number of rotatable bonds is 3. The van der Waals surface area contributed by atoms with Crippen LogP contribution in [0, 0.1) is 0 Å². The highest BCUT2D eigenvalue weighted by molar-refractivity contribution is 6.31. The molecular formula is C23H22ClN3O3. The summed E-state index contributed by atoms with van der Waals surface area (Å²) < 4.78 is 0. The number of carbonyl (C=O) groups excluding carboxylic acids is 3. The number of hydrogen-bond donors (Lipinski definition) is 1. The first kappa shape index (κ1) is 20.2. The Morgan fingerprint density at radius 1 is 1.10 bits per heavy atom. The quantitative estimate of drug-likeness (QED) is 0.823. The van der Waals surface area contributed by atoms with Gasteiger partial charge in [0.15, 0.2) is 0 Å². The van der Waals surface area contributed by atoms with Crippen molar-refractivity contribution >= 4 is 35.4 Å². The fraction of sp³-hybridized carbons (Fsp3) is 0.261. The molecule has 0 aliphatic carbocycles. The Hall–Kier alpha value is -3.12. The van der Waals surface area contributed by atoms with Crippen molar-refractivity contribution in [2.24, 2.45) is 0 Å². The first-order valence-electron chi connectivity index (χ1n) is 9.85. The van der Waals surface area contributed by atoms with Crippen LogP contribution < -0.4 is 5.32 Å². The minimum atomic E-state index is -0.792. The zero-order valence-electron chi connectivity index (χ0n) is 16.5. The lowest BCUT2D eigenvalue weighted by Crippen LogP contribution is -2.52. The van der Waals surface area contributed by atoms with Crippen molar-refractivity contribution in [2.75, 3.05) is 13.1 Å². The lowest BCUT2D eigenvalue weighted by molar-refractivity contribution is -0.145. The van der Waals surface area contributed by atoms with Crippen LogP contribution in [0.1, 0.15) is 42.1 Å². The molecule has 0 unspecified atom stereocenters. The number of nitrogens with one attached hydrogen (secondary N) is 1. The monoisotopic (exact) mass is 423 g/mol. The van der Waals surface area contributed by atoms with Gasteiger partial charge in [-0.1, -0.05) is 54.1 Å². The molecule has 1 N–H and O–H groups in total. The van der Waals surface area contributed by atoms with Crippen molar-refractivity contribution in [3.63, 3.8) is 0 Å².